The number of nitrogens with zero attached hydrogens (tertiary/aromatic N) is 1. The Morgan fingerprint density at radius 2 is 1.76 bits per heavy atom. The van der Waals surface area contributed by atoms with Gasteiger partial charge in [-0.25, -0.2) is 16.8 Å². The summed E-state index contributed by atoms with van der Waals surface area (Å²) < 4.78 is 58.4. The van der Waals surface area contributed by atoms with E-state index in [0.29, 0.717) is 50.4 Å². The maximum Gasteiger partial charge on any atom is 0.243 e. The lowest BCUT2D eigenvalue weighted by Gasteiger charge is -2.31. The minimum atomic E-state index is -3.57. The molecule has 1 saturated heterocycles. The lowest BCUT2D eigenvalue weighted by Crippen LogP contribution is -2.41. The molecule has 0 spiro atoms. The Morgan fingerprint density at radius 1 is 1.08 bits per heavy atom. The summed E-state index contributed by atoms with van der Waals surface area (Å²) in [5, 5.41) is 23.6. The van der Waals surface area contributed by atoms with E-state index in [1.54, 1.807) is 24.3 Å². The molecule has 0 aromatic heterocycles. The van der Waals surface area contributed by atoms with Crippen molar-refractivity contribution in [2.75, 3.05) is 43.8 Å². The standard InChI is InChI=1S/C25H37N3O7S2/c1-3-4-15-35-21-6-8-22(9-7-21)37(33,34)28-13-11-19(12-14-28)17-26-18-25(30)20-5-10-24(29)23(16-20)27-36(2,31)32/h5-10,16,19,25-27,29-30H,3-4,11-15,17-18H2,1-2H3/t25-/m0/s1. The van der Waals surface area contributed by atoms with Gasteiger partial charge < -0.3 is 20.3 Å². The van der Waals surface area contributed by atoms with Crippen LogP contribution in [0.25, 0.3) is 0 Å². The molecule has 3 rings (SSSR count). The predicted molar refractivity (Wildman–Crippen MR) is 143 cm³/mol. The summed E-state index contributed by atoms with van der Waals surface area (Å²) in [7, 11) is -7.14. The largest absolute Gasteiger partial charge is 0.506 e. The number of aromatic hydroxyl groups is 1. The van der Waals surface area contributed by atoms with E-state index in [-0.39, 0.29) is 28.8 Å². The van der Waals surface area contributed by atoms with Crippen molar-refractivity contribution in [3.8, 4) is 11.5 Å². The van der Waals surface area contributed by atoms with Crippen molar-refractivity contribution in [3.63, 3.8) is 0 Å². The molecule has 2 aromatic carbocycles. The monoisotopic (exact) mass is 555 g/mol. The minimum Gasteiger partial charge on any atom is -0.506 e. The fourth-order valence-electron chi connectivity index (χ4n) is 4.13. The first kappa shape index (κ1) is 29.2. The van der Waals surface area contributed by atoms with Gasteiger partial charge in [0.25, 0.3) is 0 Å². The number of benzene rings is 2. The molecule has 1 aliphatic heterocycles. The van der Waals surface area contributed by atoms with E-state index in [9.17, 15) is 27.0 Å². The average Bonchev–Trinajstić information content (AvgIpc) is 2.85. The topological polar surface area (TPSA) is 145 Å². The number of unbranched alkanes of at least 4 members (excludes halogenated alkanes) is 1. The Morgan fingerprint density at radius 3 is 2.38 bits per heavy atom. The molecule has 37 heavy (non-hydrogen) atoms. The van der Waals surface area contributed by atoms with Gasteiger partial charge in [-0.15, -0.1) is 0 Å². The maximum atomic E-state index is 13.0. The Balaban J connectivity index is 1.46. The van der Waals surface area contributed by atoms with E-state index in [0.717, 1.165) is 19.1 Å². The van der Waals surface area contributed by atoms with E-state index < -0.39 is 26.2 Å². The first-order valence-electron chi connectivity index (χ1n) is 12.4. The zero-order chi connectivity index (χ0) is 27.1. The van der Waals surface area contributed by atoms with Gasteiger partial charge in [-0.3, -0.25) is 4.72 Å². The third-order valence-corrected chi connectivity index (χ3v) is 8.78. The highest BCUT2D eigenvalue weighted by atomic mass is 32.2. The van der Waals surface area contributed by atoms with E-state index in [2.05, 4.69) is 17.0 Å². The fourth-order valence-corrected chi connectivity index (χ4v) is 6.16. The van der Waals surface area contributed by atoms with Crippen molar-refractivity contribution in [3.05, 3.63) is 48.0 Å². The number of phenols is 1. The lowest BCUT2D eigenvalue weighted by molar-refractivity contribution is 0.169. The van der Waals surface area contributed by atoms with Crippen LogP contribution in [0.15, 0.2) is 47.4 Å². The minimum absolute atomic E-state index is 0.00582. The third-order valence-electron chi connectivity index (χ3n) is 6.27. The molecule has 0 amide bonds. The van der Waals surface area contributed by atoms with Crippen LogP contribution in [0.5, 0.6) is 11.5 Å². The molecular formula is C25H37N3O7S2. The van der Waals surface area contributed by atoms with Gasteiger partial charge in [0.05, 0.1) is 29.5 Å². The molecule has 0 aliphatic carbocycles. The Labute approximate surface area is 219 Å². The predicted octanol–water partition coefficient (Wildman–Crippen LogP) is 2.67. The Kier molecular flexibility index (Phi) is 10.2. The van der Waals surface area contributed by atoms with Gasteiger partial charge in [0.2, 0.25) is 20.0 Å². The number of sulfonamides is 2. The molecule has 10 nitrogen and oxygen atoms in total. The van der Waals surface area contributed by atoms with Crippen LogP contribution in [-0.2, 0) is 20.0 Å². The summed E-state index contributed by atoms with van der Waals surface area (Å²) in [6.07, 6.45) is 3.44. The SMILES string of the molecule is CCCCOc1ccc(S(=O)(=O)N2CCC(CNC[C@H](O)c3ccc(O)c(NS(C)(=O)=O)c3)CC2)cc1. The summed E-state index contributed by atoms with van der Waals surface area (Å²) in [5.41, 5.74) is 0.463. The van der Waals surface area contributed by atoms with Crippen LogP contribution in [-0.4, -0.2) is 70.4 Å². The van der Waals surface area contributed by atoms with Crippen LogP contribution >= 0.6 is 0 Å². The van der Waals surface area contributed by atoms with Crippen molar-refractivity contribution in [1.29, 1.82) is 0 Å². The second-order valence-electron chi connectivity index (χ2n) is 9.35. The summed E-state index contributed by atoms with van der Waals surface area (Å²) in [6, 6.07) is 10.8. The fraction of sp³-hybridized carbons (Fsp3) is 0.520. The van der Waals surface area contributed by atoms with E-state index >= 15 is 0 Å². The number of hydrogen-bond acceptors (Lipinski definition) is 8. The molecule has 12 heteroatoms. The molecule has 206 valence electrons. The zero-order valence-corrected chi connectivity index (χ0v) is 22.9. The van der Waals surface area contributed by atoms with E-state index in [1.807, 2.05) is 0 Å². The molecule has 0 saturated carbocycles. The van der Waals surface area contributed by atoms with Gasteiger partial charge in [0.1, 0.15) is 11.5 Å². The van der Waals surface area contributed by atoms with Crippen LogP contribution in [0, 0.1) is 5.92 Å². The van der Waals surface area contributed by atoms with E-state index in [4.69, 9.17) is 4.74 Å². The first-order chi connectivity index (χ1) is 17.5. The molecule has 1 heterocycles. The Bertz CT molecular complexity index is 1230. The van der Waals surface area contributed by atoms with Crippen LogP contribution in [0.3, 0.4) is 0 Å². The molecule has 0 radical (unpaired) electrons. The number of aliphatic hydroxyl groups is 1. The van der Waals surface area contributed by atoms with Gasteiger partial charge in [-0.2, -0.15) is 4.31 Å². The molecule has 0 bridgehead atoms. The van der Waals surface area contributed by atoms with Crippen LogP contribution in [0.4, 0.5) is 5.69 Å². The summed E-state index contributed by atoms with van der Waals surface area (Å²) >= 11 is 0. The highest BCUT2D eigenvalue weighted by Gasteiger charge is 2.29. The average molecular weight is 556 g/mol. The van der Waals surface area contributed by atoms with Crippen molar-refractivity contribution in [2.45, 2.75) is 43.6 Å². The maximum absolute atomic E-state index is 13.0. The number of nitrogens with one attached hydrogen (secondary N) is 2. The molecule has 1 aliphatic rings. The number of rotatable bonds is 13. The number of hydrogen-bond donors (Lipinski definition) is 4. The van der Waals surface area contributed by atoms with Crippen molar-refractivity contribution in [1.82, 2.24) is 9.62 Å². The highest BCUT2D eigenvalue weighted by Crippen LogP contribution is 2.28. The Hall–Kier alpha value is -2.38. The van der Waals surface area contributed by atoms with Gasteiger partial charge in [-0.05, 0) is 73.7 Å². The smallest absolute Gasteiger partial charge is 0.243 e. The van der Waals surface area contributed by atoms with Crippen molar-refractivity contribution >= 4 is 25.7 Å². The number of ether oxygens (including phenoxy) is 1. The number of phenolic OH excluding ortho intramolecular Hbond substituents is 1. The first-order valence-corrected chi connectivity index (χ1v) is 15.7. The second-order valence-corrected chi connectivity index (χ2v) is 13.0. The molecule has 1 fully saturated rings. The van der Waals surface area contributed by atoms with Crippen molar-refractivity contribution < 1.29 is 31.8 Å². The number of piperidine rings is 1. The van der Waals surface area contributed by atoms with Gasteiger partial charge in [0.15, 0.2) is 0 Å². The molecule has 4 N–H and O–H groups in total. The highest BCUT2D eigenvalue weighted by molar-refractivity contribution is 7.92. The molecule has 1 atom stereocenters. The van der Waals surface area contributed by atoms with Gasteiger partial charge in [-0.1, -0.05) is 19.4 Å². The number of aliphatic hydroxyl groups excluding tert-OH is 1. The van der Waals surface area contributed by atoms with Crippen LogP contribution < -0.4 is 14.8 Å². The second kappa shape index (κ2) is 12.9. The normalized spacial score (nSPS) is 16.4. The summed E-state index contributed by atoms with van der Waals surface area (Å²) in [6.45, 7) is 4.37. The summed E-state index contributed by atoms with van der Waals surface area (Å²) in [4.78, 5) is 0.258. The third kappa shape index (κ3) is 8.57. The van der Waals surface area contributed by atoms with Gasteiger partial charge in [0, 0.05) is 19.6 Å². The number of anilines is 1. The zero-order valence-electron chi connectivity index (χ0n) is 21.3. The van der Waals surface area contributed by atoms with Crippen molar-refractivity contribution in [2.24, 2.45) is 5.92 Å². The van der Waals surface area contributed by atoms with Gasteiger partial charge >= 0.3 is 0 Å². The van der Waals surface area contributed by atoms with Crippen LogP contribution in [0.2, 0.25) is 0 Å². The molecule has 2 aromatic rings. The molecule has 0 unspecified atom stereocenters. The van der Waals surface area contributed by atoms with E-state index in [1.165, 1.54) is 22.5 Å². The molecular weight excluding hydrogens is 518 g/mol. The summed E-state index contributed by atoms with van der Waals surface area (Å²) in [5.74, 6) is 0.692. The lowest BCUT2D eigenvalue weighted by atomic mass is 9.98. The van der Waals surface area contributed by atoms with Crippen LogP contribution in [0.1, 0.15) is 44.3 Å². The quantitative estimate of drug-likeness (QED) is 0.218.